The van der Waals surface area contributed by atoms with Crippen LogP contribution in [0.15, 0.2) is 18.3 Å². The molecule has 0 aliphatic rings. The maximum atomic E-state index is 12.3. The van der Waals surface area contributed by atoms with Crippen molar-refractivity contribution in [3.05, 3.63) is 54.8 Å². The third-order valence-corrected chi connectivity index (χ3v) is 4.02. The Kier molecular flexibility index (Phi) is 5.02. The van der Waals surface area contributed by atoms with Crippen LogP contribution in [0.2, 0.25) is 5.02 Å². The lowest BCUT2D eigenvalue weighted by atomic mass is 10.1. The standard InChI is InChI=1S/C14H14ClN5O5/c1-7-12(19(22)23)4-10(5-13(7)20(24)25)16-14(21)9(3)18-6-11(15)8(2)17-18/h4-6,9H,1-3H3,(H,16,21). The number of hydrogen-bond acceptors (Lipinski definition) is 6. The largest absolute Gasteiger partial charge is 0.324 e. The van der Waals surface area contributed by atoms with Crippen LogP contribution in [0.25, 0.3) is 0 Å². The molecule has 25 heavy (non-hydrogen) atoms. The number of halogens is 1. The quantitative estimate of drug-likeness (QED) is 0.637. The number of nitro groups is 2. The van der Waals surface area contributed by atoms with Gasteiger partial charge in [-0.15, -0.1) is 0 Å². The van der Waals surface area contributed by atoms with Gasteiger partial charge in [0.2, 0.25) is 5.91 Å². The van der Waals surface area contributed by atoms with Crippen LogP contribution in [0.1, 0.15) is 24.2 Å². The highest BCUT2D eigenvalue weighted by atomic mass is 35.5. The summed E-state index contributed by atoms with van der Waals surface area (Å²) in [6.45, 7) is 4.50. The number of nitrogens with one attached hydrogen (secondary N) is 1. The number of amides is 1. The molecule has 10 nitrogen and oxygen atoms in total. The first-order valence-corrected chi connectivity index (χ1v) is 7.45. The molecule has 0 aliphatic carbocycles. The number of hydrogen-bond donors (Lipinski definition) is 1. The first kappa shape index (κ1) is 18.3. The van der Waals surface area contributed by atoms with Crippen LogP contribution in [-0.4, -0.2) is 25.5 Å². The number of benzene rings is 1. The van der Waals surface area contributed by atoms with E-state index >= 15 is 0 Å². The predicted octanol–water partition coefficient (Wildman–Crippen LogP) is 3.17. The van der Waals surface area contributed by atoms with Gasteiger partial charge in [-0.2, -0.15) is 5.10 Å². The Hall–Kier alpha value is -3.01. The molecule has 0 saturated heterocycles. The van der Waals surface area contributed by atoms with Crippen molar-refractivity contribution in [3.8, 4) is 0 Å². The third-order valence-electron chi connectivity index (χ3n) is 3.65. The van der Waals surface area contributed by atoms with E-state index in [-0.39, 0.29) is 11.3 Å². The summed E-state index contributed by atoms with van der Waals surface area (Å²) in [6.07, 6.45) is 1.47. The second-order valence-corrected chi connectivity index (χ2v) is 5.77. The van der Waals surface area contributed by atoms with Crippen LogP contribution in [0.3, 0.4) is 0 Å². The van der Waals surface area contributed by atoms with Gasteiger partial charge in [0.1, 0.15) is 11.6 Å². The van der Waals surface area contributed by atoms with Gasteiger partial charge in [-0.25, -0.2) is 0 Å². The predicted molar refractivity (Wildman–Crippen MR) is 89.8 cm³/mol. The minimum atomic E-state index is -0.773. The van der Waals surface area contributed by atoms with E-state index in [0.717, 1.165) is 12.1 Å². The molecule has 0 fully saturated rings. The van der Waals surface area contributed by atoms with Crippen molar-refractivity contribution in [1.82, 2.24) is 9.78 Å². The summed E-state index contributed by atoms with van der Waals surface area (Å²) in [6, 6.07) is 1.38. The normalized spacial score (nSPS) is 11.8. The lowest BCUT2D eigenvalue weighted by Crippen LogP contribution is -2.24. The molecule has 1 aromatic heterocycles. The summed E-state index contributed by atoms with van der Waals surface area (Å²) < 4.78 is 1.34. The van der Waals surface area contributed by atoms with Crippen molar-refractivity contribution in [2.24, 2.45) is 0 Å². The van der Waals surface area contributed by atoms with E-state index in [1.165, 1.54) is 17.8 Å². The van der Waals surface area contributed by atoms with E-state index in [0.29, 0.717) is 10.7 Å². The second kappa shape index (κ2) is 6.85. The van der Waals surface area contributed by atoms with E-state index in [4.69, 9.17) is 11.6 Å². The maximum absolute atomic E-state index is 12.3. The van der Waals surface area contributed by atoms with Gasteiger partial charge in [-0.3, -0.25) is 29.7 Å². The van der Waals surface area contributed by atoms with Gasteiger partial charge in [0.15, 0.2) is 0 Å². The smallest absolute Gasteiger partial charge is 0.281 e. The zero-order valence-electron chi connectivity index (χ0n) is 13.5. The minimum Gasteiger partial charge on any atom is -0.324 e. The van der Waals surface area contributed by atoms with Crippen LogP contribution in [0.4, 0.5) is 17.1 Å². The molecule has 0 saturated carbocycles. The topological polar surface area (TPSA) is 133 Å². The number of carbonyl (C=O) groups excluding carboxylic acids is 1. The van der Waals surface area contributed by atoms with Gasteiger partial charge in [0.05, 0.1) is 26.3 Å². The number of carbonyl (C=O) groups is 1. The van der Waals surface area contributed by atoms with Crippen LogP contribution in [-0.2, 0) is 4.79 Å². The fraction of sp³-hybridized carbons (Fsp3) is 0.286. The molecule has 132 valence electrons. The lowest BCUT2D eigenvalue weighted by Gasteiger charge is -2.13. The summed E-state index contributed by atoms with van der Waals surface area (Å²) >= 11 is 5.90. The zero-order chi connectivity index (χ0) is 18.9. The molecule has 1 aromatic carbocycles. The molecule has 0 spiro atoms. The number of anilines is 1. The fourth-order valence-corrected chi connectivity index (χ4v) is 2.30. The Bertz CT molecular complexity index is 824. The number of rotatable bonds is 5. The van der Waals surface area contributed by atoms with Crippen LogP contribution >= 0.6 is 11.6 Å². The highest BCUT2D eigenvalue weighted by Crippen LogP contribution is 2.32. The molecule has 2 rings (SSSR count). The van der Waals surface area contributed by atoms with Gasteiger partial charge in [-0.1, -0.05) is 11.6 Å². The molecule has 0 aliphatic heterocycles. The average molecular weight is 368 g/mol. The first-order chi connectivity index (χ1) is 11.6. The second-order valence-electron chi connectivity index (χ2n) is 5.36. The highest BCUT2D eigenvalue weighted by molar-refractivity contribution is 6.31. The van der Waals surface area contributed by atoms with Crippen molar-refractivity contribution in [2.75, 3.05) is 5.32 Å². The molecular weight excluding hydrogens is 354 g/mol. The van der Waals surface area contributed by atoms with Crippen LogP contribution in [0, 0.1) is 34.1 Å². The average Bonchev–Trinajstić information content (AvgIpc) is 2.86. The van der Waals surface area contributed by atoms with Gasteiger partial charge < -0.3 is 5.32 Å². The lowest BCUT2D eigenvalue weighted by molar-refractivity contribution is -0.395. The monoisotopic (exact) mass is 367 g/mol. The van der Waals surface area contributed by atoms with Gasteiger partial charge in [-0.05, 0) is 20.8 Å². The van der Waals surface area contributed by atoms with Gasteiger partial charge >= 0.3 is 0 Å². The molecule has 0 bridgehead atoms. The Balaban J connectivity index is 2.34. The minimum absolute atomic E-state index is 0.0455. The summed E-state index contributed by atoms with van der Waals surface area (Å²) in [4.78, 5) is 33.0. The van der Waals surface area contributed by atoms with E-state index in [2.05, 4.69) is 10.4 Å². The third kappa shape index (κ3) is 3.74. The summed E-state index contributed by atoms with van der Waals surface area (Å²) in [5.74, 6) is -0.549. The number of nitrogens with zero attached hydrogens (tertiary/aromatic N) is 4. The Labute approximate surface area is 146 Å². The maximum Gasteiger partial charge on any atom is 0.281 e. The van der Waals surface area contributed by atoms with Gasteiger partial charge in [0.25, 0.3) is 11.4 Å². The van der Waals surface area contributed by atoms with E-state index in [1.54, 1.807) is 13.8 Å². The summed E-state index contributed by atoms with van der Waals surface area (Å²) in [5.41, 5.74) is -0.487. The highest BCUT2D eigenvalue weighted by Gasteiger charge is 2.25. The Morgan fingerprint density at radius 2 is 1.76 bits per heavy atom. The molecule has 1 amide bonds. The van der Waals surface area contributed by atoms with E-state index in [1.807, 2.05) is 0 Å². The molecular formula is C14H14ClN5O5. The number of nitro benzene ring substituents is 2. The zero-order valence-corrected chi connectivity index (χ0v) is 14.3. The fourth-order valence-electron chi connectivity index (χ4n) is 2.16. The number of aryl methyl sites for hydroxylation is 1. The molecule has 2 aromatic rings. The Morgan fingerprint density at radius 3 is 2.16 bits per heavy atom. The molecule has 11 heteroatoms. The van der Waals surface area contributed by atoms with Crippen molar-refractivity contribution >= 4 is 34.6 Å². The first-order valence-electron chi connectivity index (χ1n) is 7.07. The van der Waals surface area contributed by atoms with Crippen LogP contribution in [0.5, 0.6) is 0 Å². The number of aromatic nitrogens is 2. The molecule has 1 heterocycles. The molecule has 0 radical (unpaired) electrons. The molecule has 1 unspecified atom stereocenters. The SMILES string of the molecule is Cc1nn(C(C)C(=O)Nc2cc([N+](=O)[O-])c(C)c([N+](=O)[O-])c2)cc1Cl. The summed E-state index contributed by atoms with van der Waals surface area (Å²) in [5, 5.41) is 29.1. The van der Waals surface area contributed by atoms with E-state index in [9.17, 15) is 25.0 Å². The van der Waals surface area contributed by atoms with E-state index < -0.39 is 33.2 Å². The van der Waals surface area contributed by atoms with Crippen molar-refractivity contribution < 1.29 is 14.6 Å². The summed E-state index contributed by atoms with van der Waals surface area (Å²) in [7, 11) is 0. The molecule has 1 N–H and O–H groups in total. The molecule has 1 atom stereocenters. The van der Waals surface area contributed by atoms with Crippen LogP contribution < -0.4 is 5.32 Å². The van der Waals surface area contributed by atoms with Crippen molar-refractivity contribution in [2.45, 2.75) is 26.8 Å². The van der Waals surface area contributed by atoms with Gasteiger partial charge in [0, 0.05) is 18.3 Å². The van der Waals surface area contributed by atoms with Crippen molar-refractivity contribution in [1.29, 1.82) is 0 Å². The Morgan fingerprint density at radius 1 is 1.24 bits per heavy atom. The van der Waals surface area contributed by atoms with Crippen molar-refractivity contribution in [3.63, 3.8) is 0 Å².